The summed E-state index contributed by atoms with van der Waals surface area (Å²) in [6.45, 7) is 4.47. The van der Waals surface area contributed by atoms with Gasteiger partial charge >= 0.3 is 0 Å². The molecular weight excluding hydrogens is 350 g/mol. The number of carbonyl (C=O) groups is 1. The molecule has 0 aromatic carbocycles. The number of fused-ring (bicyclic) bond motifs is 2. The molecule has 136 valence electrons. The summed E-state index contributed by atoms with van der Waals surface area (Å²) in [7, 11) is 0. The van der Waals surface area contributed by atoms with Crippen LogP contribution in [0, 0.1) is 6.92 Å². The number of amides is 1. The standard InChI is InChI=1S/C18H21N5O2S/c1-13-11-14-17(26-13)20-15-4-7-22(9-10-23(15)18(14)25)16(24)3-2-6-21-8-5-19-12-21/h5,8,11-12H,2-4,6-7,9-10H2,1H3. The molecule has 0 unspecified atom stereocenters. The molecule has 7 nitrogen and oxygen atoms in total. The monoisotopic (exact) mass is 371 g/mol. The quantitative estimate of drug-likeness (QED) is 0.701. The van der Waals surface area contributed by atoms with E-state index in [1.54, 1.807) is 28.4 Å². The van der Waals surface area contributed by atoms with Gasteiger partial charge in [-0.25, -0.2) is 9.97 Å². The number of rotatable bonds is 4. The highest BCUT2D eigenvalue weighted by atomic mass is 32.1. The zero-order valence-electron chi connectivity index (χ0n) is 14.7. The van der Waals surface area contributed by atoms with E-state index in [0.29, 0.717) is 37.9 Å². The first-order valence-electron chi connectivity index (χ1n) is 8.85. The second-order valence-corrected chi connectivity index (χ2v) is 7.83. The third kappa shape index (κ3) is 3.29. The fourth-order valence-corrected chi connectivity index (χ4v) is 4.30. The normalized spacial score (nSPS) is 14.4. The highest BCUT2D eigenvalue weighted by Crippen LogP contribution is 2.21. The Bertz CT molecular complexity index is 989. The molecule has 1 aliphatic heterocycles. The molecule has 1 amide bonds. The van der Waals surface area contributed by atoms with Gasteiger partial charge in [0.25, 0.3) is 5.56 Å². The van der Waals surface area contributed by atoms with Gasteiger partial charge in [0.1, 0.15) is 10.7 Å². The van der Waals surface area contributed by atoms with Crippen molar-refractivity contribution < 1.29 is 4.79 Å². The van der Waals surface area contributed by atoms with E-state index < -0.39 is 0 Å². The number of imidazole rings is 1. The summed E-state index contributed by atoms with van der Waals surface area (Å²) < 4.78 is 3.72. The number of thiophene rings is 1. The fourth-order valence-electron chi connectivity index (χ4n) is 3.41. The molecule has 0 radical (unpaired) electrons. The molecule has 1 aliphatic rings. The molecule has 3 aromatic heterocycles. The van der Waals surface area contributed by atoms with E-state index in [1.165, 1.54) is 0 Å². The van der Waals surface area contributed by atoms with E-state index in [-0.39, 0.29) is 11.5 Å². The zero-order chi connectivity index (χ0) is 18.1. The Hall–Kier alpha value is -2.48. The molecule has 0 bridgehead atoms. The number of nitrogens with zero attached hydrogens (tertiary/aromatic N) is 5. The molecule has 0 saturated heterocycles. The molecule has 0 spiro atoms. The van der Waals surface area contributed by atoms with Gasteiger partial charge in [-0.1, -0.05) is 0 Å². The van der Waals surface area contributed by atoms with Crippen LogP contribution in [-0.4, -0.2) is 43.0 Å². The van der Waals surface area contributed by atoms with Gasteiger partial charge in [0.2, 0.25) is 5.91 Å². The van der Waals surface area contributed by atoms with Crippen LogP contribution in [0.5, 0.6) is 0 Å². The topological polar surface area (TPSA) is 73.0 Å². The molecule has 0 saturated carbocycles. The van der Waals surface area contributed by atoms with E-state index in [0.717, 1.165) is 28.5 Å². The van der Waals surface area contributed by atoms with Crippen molar-refractivity contribution in [1.82, 2.24) is 24.0 Å². The predicted molar refractivity (Wildman–Crippen MR) is 100 cm³/mol. The molecule has 8 heteroatoms. The van der Waals surface area contributed by atoms with Gasteiger partial charge in [-0.2, -0.15) is 0 Å². The fraction of sp³-hybridized carbons (Fsp3) is 0.444. The number of hydrogen-bond acceptors (Lipinski definition) is 5. The summed E-state index contributed by atoms with van der Waals surface area (Å²) in [4.78, 5) is 37.7. The number of aryl methyl sites for hydroxylation is 2. The third-order valence-electron chi connectivity index (χ3n) is 4.77. The highest BCUT2D eigenvalue weighted by molar-refractivity contribution is 7.18. The molecule has 4 heterocycles. The Morgan fingerprint density at radius 3 is 3.00 bits per heavy atom. The smallest absolute Gasteiger partial charge is 0.262 e. The Balaban J connectivity index is 1.43. The third-order valence-corrected chi connectivity index (χ3v) is 5.72. The van der Waals surface area contributed by atoms with Crippen molar-refractivity contribution in [3.05, 3.63) is 45.8 Å². The van der Waals surface area contributed by atoms with Crippen molar-refractivity contribution in [2.45, 2.75) is 39.3 Å². The molecular formula is C18H21N5O2S. The molecule has 3 aromatic rings. The first-order chi connectivity index (χ1) is 12.6. The van der Waals surface area contributed by atoms with Gasteiger partial charge in [0.15, 0.2) is 0 Å². The van der Waals surface area contributed by atoms with Crippen molar-refractivity contribution in [3.63, 3.8) is 0 Å². The van der Waals surface area contributed by atoms with Crippen LogP contribution < -0.4 is 5.56 Å². The summed E-state index contributed by atoms with van der Waals surface area (Å²) in [6.07, 6.45) is 7.31. The second-order valence-electron chi connectivity index (χ2n) is 6.60. The number of carbonyl (C=O) groups excluding carboxylic acids is 1. The lowest BCUT2D eigenvalue weighted by atomic mass is 10.2. The minimum absolute atomic E-state index is 0.0174. The predicted octanol–water partition coefficient (Wildman–Crippen LogP) is 1.83. The number of hydrogen-bond donors (Lipinski definition) is 0. The van der Waals surface area contributed by atoms with Crippen LogP contribution in [0.1, 0.15) is 23.5 Å². The van der Waals surface area contributed by atoms with Gasteiger partial charge < -0.3 is 9.47 Å². The second kappa shape index (κ2) is 7.03. The minimum Gasteiger partial charge on any atom is -0.340 e. The van der Waals surface area contributed by atoms with Crippen molar-refractivity contribution in [3.8, 4) is 0 Å². The van der Waals surface area contributed by atoms with Gasteiger partial charge in [0.05, 0.1) is 11.7 Å². The van der Waals surface area contributed by atoms with Gasteiger partial charge in [0, 0.05) is 56.3 Å². The molecule has 0 aliphatic carbocycles. The van der Waals surface area contributed by atoms with E-state index in [1.807, 2.05) is 28.7 Å². The molecule has 0 N–H and O–H groups in total. The Morgan fingerprint density at radius 1 is 1.31 bits per heavy atom. The zero-order valence-corrected chi connectivity index (χ0v) is 15.5. The first kappa shape index (κ1) is 17.0. The van der Waals surface area contributed by atoms with Crippen LogP contribution in [0.25, 0.3) is 10.2 Å². The van der Waals surface area contributed by atoms with Crippen molar-refractivity contribution in [2.75, 3.05) is 13.1 Å². The lowest BCUT2D eigenvalue weighted by Crippen LogP contribution is -2.34. The van der Waals surface area contributed by atoms with Crippen LogP contribution in [-0.2, 0) is 24.3 Å². The van der Waals surface area contributed by atoms with E-state index in [4.69, 9.17) is 0 Å². The summed E-state index contributed by atoms with van der Waals surface area (Å²) in [5.74, 6) is 0.932. The minimum atomic E-state index is 0.0174. The Kier molecular flexibility index (Phi) is 4.58. The Labute approximate surface area is 154 Å². The van der Waals surface area contributed by atoms with Gasteiger partial charge in [-0.15, -0.1) is 11.3 Å². The largest absolute Gasteiger partial charge is 0.340 e. The maximum Gasteiger partial charge on any atom is 0.262 e. The van der Waals surface area contributed by atoms with Gasteiger partial charge in [-0.3, -0.25) is 14.2 Å². The van der Waals surface area contributed by atoms with Gasteiger partial charge in [-0.05, 0) is 19.4 Å². The lowest BCUT2D eigenvalue weighted by Gasteiger charge is -2.19. The summed E-state index contributed by atoms with van der Waals surface area (Å²) in [5, 5.41) is 0.691. The Morgan fingerprint density at radius 2 is 2.19 bits per heavy atom. The molecule has 0 atom stereocenters. The maximum atomic E-state index is 12.7. The molecule has 4 rings (SSSR count). The SMILES string of the molecule is Cc1cc2c(=O)n3c(nc2s1)CCN(C(=O)CCCn1ccnc1)CC3. The summed E-state index contributed by atoms with van der Waals surface area (Å²) >= 11 is 1.55. The molecule has 0 fully saturated rings. The highest BCUT2D eigenvalue weighted by Gasteiger charge is 2.21. The molecule has 26 heavy (non-hydrogen) atoms. The van der Waals surface area contributed by atoms with Crippen molar-refractivity contribution in [2.24, 2.45) is 0 Å². The van der Waals surface area contributed by atoms with Crippen LogP contribution >= 0.6 is 11.3 Å². The van der Waals surface area contributed by atoms with E-state index in [2.05, 4.69) is 9.97 Å². The number of aromatic nitrogens is 4. The lowest BCUT2D eigenvalue weighted by molar-refractivity contribution is -0.131. The van der Waals surface area contributed by atoms with Crippen LogP contribution in [0.2, 0.25) is 0 Å². The summed E-state index contributed by atoms with van der Waals surface area (Å²) in [6, 6.07) is 1.91. The summed E-state index contributed by atoms with van der Waals surface area (Å²) in [5.41, 5.74) is 0.0174. The van der Waals surface area contributed by atoms with Crippen LogP contribution in [0.15, 0.2) is 29.6 Å². The first-order valence-corrected chi connectivity index (χ1v) is 9.67. The van der Waals surface area contributed by atoms with Crippen molar-refractivity contribution >= 4 is 27.5 Å². The van der Waals surface area contributed by atoms with Crippen LogP contribution in [0.4, 0.5) is 0 Å². The van der Waals surface area contributed by atoms with E-state index >= 15 is 0 Å². The van der Waals surface area contributed by atoms with Crippen LogP contribution in [0.3, 0.4) is 0 Å². The van der Waals surface area contributed by atoms with E-state index in [9.17, 15) is 9.59 Å². The average Bonchev–Trinajstić information content (AvgIpc) is 3.20. The van der Waals surface area contributed by atoms with Crippen molar-refractivity contribution in [1.29, 1.82) is 0 Å². The maximum absolute atomic E-state index is 12.7. The average molecular weight is 371 g/mol.